The second kappa shape index (κ2) is 7.79. The predicted octanol–water partition coefficient (Wildman–Crippen LogP) is 4.36. The van der Waals surface area contributed by atoms with E-state index in [1.54, 1.807) is 0 Å². The quantitative estimate of drug-likeness (QED) is 0.760. The van der Waals surface area contributed by atoms with Crippen molar-refractivity contribution in [2.45, 2.75) is 78.4 Å². The van der Waals surface area contributed by atoms with E-state index >= 15 is 0 Å². The number of rotatable bonds is 7. The van der Waals surface area contributed by atoms with E-state index in [9.17, 15) is 5.26 Å². The Kier molecular flexibility index (Phi) is 6.01. The highest BCUT2D eigenvalue weighted by atomic mass is 16.5. The molecular formula is C19H29N3O. The number of fused-ring (bicyclic) bond motifs is 1. The Morgan fingerprint density at radius 1 is 1.22 bits per heavy atom. The van der Waals surface area contributed by atoms with Crippen molar-refractivity contribution < 1.29 is 4.74 Å². The lowest BCUT2D eigenvalue weighted by Gasteiger charge is -2.33. The zero-order valence-electron chi connectivity index (χ0n) is 15.0. The molecule has 1 aliphatic heterocycles. The van der Waals surface area contributed by atoms with Gasteiger partial charge in [-0.3, -0.25) is 0 Å². The highest BCUT2D eigenvalue weighted by Crippen LogP contribution is 2.34. The Hall–Kier alpha value is -1.60. The molecule has 0 saturated carbocycles. The van der Waals surface area contributed by atoms with Crippen LogP contribution in [-0.4, -0.2) is 17.1 Å². The van der Waals surface area contributed by atoms with Gasteiger partial charge in [0.1, 0.15) is 11.9 Å². The number of hydrogen-bond acceptors (Lipinski definition) is 4. The van der Waals surface area contributed by atoms with E-state index in [1.807, 2.05) is 0 Å². The molecule has 0 fully saturated rings. The third-order valence-electron chi connectivity index (χ3n) is 4.48. The summed E-state index contributed by atoms with van der Waals surface area (Å²) in [6, 6.07) is 2.38. The van der Waals surface area contributed by atoms with Crippen LogP contribution in [0.25, 0.3) is 0 Å². The molecule has 0 bridgehead atoms. The molecule has 4 heteroatoms. The van der Waals surface area contributed by atoms with E-state index < -0.39 is 0 Å². The number of hydrogen-bond donors (Lipinski definition) is 1. The van der Waals surface area contributed by atoms with Gasteiger partial charge in [-0.15, -0.1) is 0 Å². The first-order valence-corrected chi connectivity index (χ1v) is 8.85. The highest BCUT2D eigenvalue weighted by molar-refractivity contribution is 5.60. The SMILES string of the molecule is CCCCCCNc1nc(CC)c2c(c1C#N)CC(C)(C)OC2. The number of aromatic nitrogens is 1. The van der Waals surface area contributed by atoms with Gasteiger partial charge in [0.15, 0.2) is 0 Å². The second-order valence-corrected chi connectivity index (χ2v) is 6.92. The molecule has 0 radical (unpaired) electrons. The lowest BCUT2D eigenvalue weighted by molar-refractivity contribution is -0.0406. The molecule has 1 aliphatic rings. The fourth-order valence-electron chi connectivity index (χ4n) is 3.14. The summed E-state index contributed by atoms with van der Waals surface area (Å²) < 4.78 is 5.93. The lowest BCUT2D eigenvalue weighted by Crippen LogP contribution is -2.33. The Labute approximate surface area is 140 Å². The van der Waals surface area contributed by atoms with E-state index in [0.717, 1.165) is 48.4 Å². The van der Waals surface area contributed by atoms with E-state index in [4.69, 9.17) is 9.72 Å². The highest BCUT2D eigenvalue weighted by Gasteiger charge is 2.31. The molecule has 126 valence electrons. The third-order valence-corrected chi connectivity index (χ3v) is 4.48. The minimum absolute atomic E-state index is 0.219. The Morgan fingerprint density at radius 3 is 2.65 bits per heavy atom. The zero-order chi connectivity index (χ0) is 16.9. The fourth-order valence-corrected chi connectivity index (χ4v) is 3.14. The van der Waals surface area contributed by atoms with Crippen LogP contribution >= 0.6 is 0 Å². The summed E-state index contributed by atoms with van der Waals surface area (Å²) in [6.07, 6.45) is 6.46. The van der Waals surface area contributed by atoms with Gasteiger partial charge in [-0.2, -0.15) is 5.26 Å². The molecule has 0 aliphatic carbocycles. The first-order chi connectivity index (χ1) is 11.0. The van der Waals surface area contributed by atoms with Gasteiger partial charge < -0.3 is 10.1 Å². The van der Waals surface area contributed by atoms with Crippen LogP contribution in [0, 0.1) is 11.3 Å². The van der Waals surface area contributed by atoms with Gasteiger partial charge in [-0.1, -0.05) is 33.1 Å². The topological polar surface area (TPSA) is 57.9 Å². The third kappa shape index (κ3) is 4.23. The van der Waals surface area contributed by atoms with Gasteiger partial charge in [-0.25, -0.2) is 4.98 Å². The fraction of sp³-hybridized carbons (Fsp3) is 0.684. The van der Waals surface area contributed by atoms with Crippen molar-refractivity contribution >= 4 is 5.82 Å². The largest absolute Gasteiger partial charge is 0.370 e. The maximum absolute atomic E-state index is 9.68. The van der Waals surface area contributed by atoms with Crippen LogP contribution < -0.4 is 5.32 Å². The summed E-state index contributed by atoms with van der Waals surface area (Å²) in [5.41, 5.74) is 3.81. The Balaban J connectivity index is 2.27. The molecule has 0 spiro atoms. The van der Waals surface area contributed by atoms with Crippen molar-refractivity contribution in [3.63, 3.8) is 0 Å². The van der Waals surface area contributed by atoms with Crippen molar-refractivity contribution in [2.24, 2.45) is 0 Å². The van der Waals surface area contributed by atoms with Crippen LogP contribution in [0.15, 0.2) is 0 Å². The number of nitriles is 1. The van der Waals surface area contributed by atoms with Crippen molar-refractivity contribution in [1.82, 2.24) is 4.98 Å². The number of anilines is 1. The Morgan fingerprint density at radius 2 is 2.00 bits per heavy atom. The van der Waals surface area contributed by atoms with E-state index in [0.29, 0.717) is 12.2 Å². The molecule has 2 heterocycles. The van der Waals surface area contributed by atoms with Gasteiger partial charge in [0.2, 0.25) is 0 Å². The summed E-state index contributed by atoms with van der Waals surface area (Å²) in [6.45, 7) is 9.93. The summed E-state index contributed by atoms with van der Waals surface area (Å²) in [5.74, 6) is 0.761. The molecule has 0 atom stereocenters. The van der Waals surface area contributed by atoms with Crippen LogP contribution in [-0.2, 0) is 24.2 Å². The number of nitrogens with one attached hydrogen (secondary N) is 1. The number of ether oxygens (including phenoxy) is 1. The summed E-state index contributed by atoms with van der Waals surface area (Å²) in [5, 5.41) is 13.1. The number of pyridine rings is 1. The average molecular weight is 315 g/mol. The van der Waals surface area contributed by atoms with Gasteiger partial charge in [0.05, 0.1) is 17.8 Å². The van der Waals surface area contributed by atoms with Crippen LogP contribution in [0.5, 0.6) is 0 Å². The monoisotopic (exact) mass is 315 g/mol. The van der Waals surface area contributed by atoms with Gasteiger partial charge in [0.25, 0.3) is 0 Å². The predicted molar refractivity (Wildman–Crippen MR) is 93.5 cm³/mol. The van der Waals surface area contributed by atoms with Gasteiger partial charge in [-0.05, 0) is 32.3 Å². The molecule has 4 nitrogen and oxygen atoms in total. The van der Waals surface area contributed by atoms with E-state index in [-0.39, 0.29) is 5.60 Å². The van der Waals surface area contributed by atoms with Crippen molar-refractivity contribution in [3.05, 3.63) is 22.4 Å². The molecule has 0 amide bonds. The second-order valence-electron chi connectivity index (χ2n) is 6.92. The van der Waals surface area contributed by atoms with Crippen LogP contribution in [0.2, 0.25) is 0 Å². The summed E-state index contributed by atoms with van der Waals surface area (Å²) >= 11 is 0. The normalized spacial score (nSPS) is 15.8. The molecule has 0 aromatic carbocycles. The number of unbranched alkanes of at least 4 members (excludes halogenated alkanes) is 3. The Bertz CT molecular complexity index is 587. The standard InChI is InChI=1S/C19H29N3O/c1-5-7-8-9-10-21-18-15(12-20)14-11-19(3,4)23-13-16(14)17(6-2)22-18/h5-11,13H2,1-4H3,(H,21,22). The molecular weight excluding hydrogens is 286 g/mol. The first-order valence-electron chi connectivity index (χ1n) is 8.85. The lowest BCUT2D eigenvalue weighted by atomic mass is 9.87. The van der Waals surface area contributed by atoms with Crippen LogP contribution in [0.1, 0.15) is 75.8 Å². The summed E-state index contributed by atoms with van der Waals surface area (Å²) in [4.78, 5) is 4.73. The minimum atomic E-state index is -0.219. The molecule has 0 saturated heterocycles. The van der Waals surface area contributed by atoms with Gasteiger partial charge in [0, 0.05) is 24.2 Å². The smallest absolute Gasteiger partial charge is 0.144 e. The molecule has 1 aromatic rings. The summed E-state index contributed by atoms with van der Waals surface area (Å²) in [7, 11) is 0. The molecule has 1 N–H and O–H groups in total. The van der Waals surface area contributed by atoms with E-state index in [1.165, 1.54) is 19.3 Å². The maximum atomic E-state index is 9.68. The van der Waals surface area contributed by atoms with Crippen LogP contribution in [0.4, 0.5) is 5.82 Å². The van der Waals surface area contributed by atoms with Crippen molar-refractivity contribution in [1.29, 1.82) is 5.26 Å². The van der Waals surface area contributed by atoms with Crippen LogP contribution in [0.3, 0.4) is 0 Å². The van der Waals surface area contributed by atoms with Crippen molar-refractivity contribution in [2.75, 3.05) is 11.9 Å². The minimum Gasteiger partial charge on any atom is -0.370 e. The van der Waals surface area contributed by atoms with Crippen molar-refractivity contribution in [3.8, 4) is 6.07 Å². The average Bonchev–Trinajstić information content (AvgIpc) is 2.52. The van der Waals surface area contributed by atoms with Gasteiger partial charge >= 0.3 is 0 Å². The number of nitrogens with zero attached hydrogens (tertiary/aromatic N) is 2. The number of aryl methyl sites for hydroxylation is 1. The van der Waals surface area contributed by atoms with E-state index in [2.05, 4.69) is 39.1 Å². The molecule has 1 aromatic heterocycles. The molecule has 2 rings (SSSR count). The zero-order valence-corrected chi connectivity index (χ0v) is 15.0. The first kappa shape index (κ1) is 17.7. The molecule has 0 unspecified atom stereocenters. The molecule has 23 heavy (non-hydrogen) atoms. The maximum Gasteiger partial charge on any atom is 0.144 e.